The first kappa shape index (κ1) is 22.0. The summed E-state index contributed by atoms with van der Waals surface area (Å²) >= 11 is 19.8. The molecule has 0 saturated carbocycles. The lowest BCUT2D eigenvalue weighted by atomic mass is 10.2. The number of aromatic nitrogens is 1. The van der Waals surface area contributed by atoms with Crippen molar-refractivity contribution < 1.29 is 4.79 Å². The van der Waals surface area contributed by atoms with Gasteiger partial charge < -0.3 is 9.88 Å². The molecule has 2 aromatic carbocycles. The van der Waals surface area contributed by atoms with E-state index >= 15 is 0 Å². The highest BCUT2D eigenvalue weighted by atomic mass is 35.5. The minimum atomic E-state index is -0.203. The van der Waals surface area contributed by atoms with Gasteiger partial charge in [0.05, 0.1) is 20.6 Å². The van der Waals surface area contributed by atoms with Crippen LogP contribution in [0.4, 0.5) is 5.69 Å². The Bertz CT molecular complexity index is 1280. The number of carbonyl (C=O) groups is 1. The maximum atomic E-state index is 12.5. The number of benzene rings is 2. The first-order valence-electron chi connectivity index (χ1n) is 9.43. The first-order valence-corrected chi connectivity index (χ1v) is 11.4. The van der Waals surface area contributed by atoms with Gasteiger partial charge in [0.15, 0.2) is 5.17 Å². The summed E-state index contributed by atoms with van der Waals surface area (Å²) < 4.78 is 2.14. The van der Waals surface area contributed by atoms with Crippen LogP contribution in [0.15, 0.2) is 52.4 Å². The maximum Gasteiger partial charge on any atom is 0.264 e. The lowest BCUT2D eigenvalue weighted by Crippen LogP contribution is -2.19. The highest BCUT2D eigenvalue weighted by Crippen LogP contribution is 2.35. The molecule has 2 heterocycles. The van der Waals surface area contributed by atoms with Gasteiger partial charge in [0.2, 0.25) is 0 Å². The molecular weight excluding hydrogens is 473 g/mol. The molecule has 1 amide bonds. The van der Waals surface area contributed by atoms with Crippen LogP contribution in [-0.4, -0.2) is 15.6 Å². The van der Waals surface area contributed by atoms with Gasteiger partial charge in [0, 0.05) is 22.1 Å². The molecule has 1 aliphatic heterocycles. The molecule has 1 aromatic heterocycles. The zero-order valence-electron chi connectivity index (χ0n) is 17.0. The highest BCUT2D eigenvalue weighted by Gasteiger charge is 2.25. The molecular formula is C23H18Cl3N3OS. The third kappa shape index (κ3) is 4.41. The van der Waals surface area contributed by atoms with Crippen LogP contribution in [0.2, 0.25) is 15.1 Å². The molecule has 0 radical (unpaired) electrons. The lowest BCUT2D eigenvalue weighted by Gasteiger charge is -2.13. The van der Waals surface area contributed by atoms with Gasteiger partial charge in [0.25, 0.3) is 5.91 Å². The van der Waals surface area contributed by atoms with Gasteiger partial charge in [-0.1, -0.05) is 46.9 Å². The summed E-state index contributed by atoms with van der Waals surface area (Å²) in [6, 6.07) is 13.1. The van der Waals surface area contributed by atoms with E-state index in [9.17, 15) is 4.79 Å². The number of thioether (sulfide) groups is 1. The number of nitrogens with zero attached hydrogens (tertiary/aromatic N) is 2. The minimum Gasteiger partial charge on any atom is -0.318 e. The molecule has 1 saturated heterocycles. The van der Waals surface area contributed by atoms with Crippen molar-refractivity contribution in [2.45, 2.75) is 20.8 Å². The Labute approximate surface area is 199 Å². The largest absolute Gasteiger partial charge is 0.318 e. The second-order valence-corrected chi connectivity index (χ2v) is 9.40. The van der Waals surface area contributed by atoms with Gasteiger partial charge in [-0.2, -0.15) is 0 Å². The van der Waals surface area contributed by atoms with Crippen LogP contribution in [0.5, 0.6) is 0 Å². The van der Waals surface area contributed by atoms with Crippen LogP contribution < -0.4 is 5.32 Å². The summed E-state index contributed by atoms with van der Waals surface area (Å²) in [7, 11) is 0. The van der Waals surface area contributed by atoms with Crippen LogP contribution >= 0.6 is 46.6 Å². The topological polar surface area (TPSA) is 46.4 Å². The van der Waals surface area contributed by atoms with Crippen molar-refractivity contribution in [3.05, 3.63) is 85.0 Å². The summed E-state index contributed by atoms with van der Waals surface area (Å²) in [5.74, 6) is -0.203. The molecule has 4 rings (SSSR count). The fraction of sp³-hybridized carbons (Fsp3) is 0.130. The van der Waals surface area contributed by atoms with Crippen LogP contribution in [-0.2, 0) is 4.79 Å². The van der Waals surface area contributed by atoms with E-state index in [0.717, 1.165) is 28.2 Å². The Kier molecular flexibility index (Phi) is 6.22. The van der Waals surface area contributed by atoms with Gasteiger partial charge in [-0.25, -0.2) is 4.99 Å². The van der Waals surface area contributed by atoms with Crippen molar-refractivity contribution in [3.63, 3.8) is 0 Å². The number of hydrogen-bond acceptors (Lipinski definition) is 3. The number of halogens is 3. The number of carbonyl (C=O) groups excluding carboxylic acids is 1. The maximum absolute atomic E-state index is 12.5. The molecule has 4 nitrogen and oxygen atoms in total. The van der Waals surface area contributed by atoms with E-state index in [1.807, 2.05) is 45.0 Å². The smallest absolute Gasteiger partial charge is 0.264 e. The molecule has 0 aliphatic carbocycles. The van der Waals surface area contributed by atoms with E-state index in [0.29, 0.717) is 30.8 Å². The van der Waals surface area contributed by atoms with E-state index < -0.39 is 0 Å². The fourth-order valence-corrected chi connectivity index (χ4v) is 4.77. The lowest BCUT2D eigenvalue weighted by molar-refractivity contribution is -0.115. The van der Waals surface area contributed by atoms with Crippen molar-refractivity contribution in [2.24, 2.45) is 4.99 Å². The quantitative estimate of drug-likeness (QED) is 0.393. The van der Waals surface area contributed by atoms with E-state index in [-0.39, 0.29) is 5.91 Å². The monoisotopic (exact) mass is 489 g/mol. The number of aryl methyl sites for hydroxylation is 2. The molecule has 31 heavy (non-hydrogen) atoms. The van der Waals surface area contributed by atoms with Crippen LogP contribution in [0, 0.1) is 20.8 Å². The Morgan fingerprint density at radius 3 is 2.61 bits per heavy atom. The van der Waals surface area contributed by atoms with Crippen molar-refractivity contribution in [1.29, 1.82) is 0 Å². The number of amides is 1. The molecule has 0 unspecified atom stereocenters. The van der Waals surface area contributed by atoms with E-state index in [4.69, 9.17) is 34.8 Å². The average molecular weight is 491 g/mol. The Hall–Kier alpha value is -2.18. The minimum absolute atomic E-state index is 0.203. The normalized spacial score (nSPS) is 16.4. The summed E-state index contributed by atoms with van der Waals surface area (Å²) in [6.45, 7) is 6.11. The van der Waals surface area contributed by atoms with Crippen molar-refractivity contribution in [3.8, 4) is 5.69 Å². The Balaban J connectivity index is 1.68. The highest BCUT2D eigenvalue weighted by molar-refractivity contribution is 8.18. The van der Waals surface area contributed by atoms with Crippen LogP contribution in [0.1, 0.15) is 22.5 Å². The van der Waals surface area contributed by atoms with E-state index in [1.54, 1.807) is 18.2 Å². The number of aliphatic imine (C=N–C) groups is 1. The van der Waals surface area contributed by atoms with Crippen molar-refractivity contribution >= 4 is 69.4 Å². The van der Waals surface area contributed by atoms with Gasteiger partial charge in [0.1, 0.15) is 0 Å². The molecule has 1 N–H and O–H groups in total. The van der Waals surface area contributed by atoms with Gasteiger partial charge in [-0.3, -0.25) is 4.79 Å². The van der Waals surface area contributed by atoms with E-state index in [2.05, 4.69) is 20.9 Å². The molecule has 0 bridgehead atoms. The van der Waals surface area contributed by atoms with Crippen molar-refractivity contribution in [2.75, 3.05) is 0 Å². The predicted molar refractivity (Wildman–Crippen MR) is 132 cm³/mol. The third-order valence-corrected chi connectivity index (χ3v) is 6.93. The zero-order chi connectivity index (χ0) is 22.3. The van der Waals surface area contributed by atoms with Gasteiger partial charge >= 0.3 is 0 Å². The molecule has 0 spiro atoms. The molecule has 0 atom stereocenters. The molecule has 158 valence electrons. The number of amidine groups is 1. The number of nitrogens with one attached hydrogen (secondary N) is 1. The SMILES string of the molecule is Cc1ccc(Cl)cc1-n1c(C)cc(/C=C2/SC(=Nc3cccc(Cl)c3Cl)NC2=O)c1C. The molecule has 8 heteroatoms. The van der Waals surface area contributed by atoms with Gasteiger partial charge in [-0.05, 0) is 80.1 Å². The molecule has 1 aliphatic rings. The summed E-state index contributed by atoms with van der Waals surface area (Å²) in [5.41, 5.74) is 5.67. The predicted octanol–water partition coefficient (Wildman–Crippen LogP) is 7.25. The van der Waals surface area contributed by atoms with Crippen LogP contribution in [0.3, 0.4) is 0 Å². The molecule has 1 fully saturated rings. The number of rotatable bonds is 3. The van der Waals surface area contributed by atoms with Crippen LogP contribution in [0.25, 0.3) is 11.8 Å². The molecule has 3 aromatic rings. The second kappa shape index (κ2) is 8.75. The van der Waals surface area contributed by atoms with E-state index in [1.165, 1.54) is 11.8 Å². The first-order chi connectivity index (χ1) is 14.7. The summed E-state index contributed by atoms with van der Waals surface area (Å²) in [4.78, 5) is 17.5. The summed E-state index contributed by atoms with van der Waals surface area (Å²) in [5, 5.41) is 4.69. The zero-order valence-corrected chi connectivity index (χ0v) is 20.0. The standard InChI is InChI=1S/C23H18Cl3N3OS/c1-12-7-8-16(24)11-19(12)29-13(2)9-15(14(29)3)10-20-22(30)28-23(31-20)27-18-6-4-5-17(25)21(18)26/h4-11H,1-3H3,(H,27,28,30)/b20-10+. The fourth-order valence-electron chi connectivity index (χ4n) is 3.44. The Morgan fingerprint density at radius 2 is 1.84 bits per heavy atom. The average Bonchev–Trinajstić information content (AvgIpc) is 3.20. The Morgan fingerprint density at radius 1 is 1.06 bits per heavy atom. The number of hydrogen-bond donors (Lipinski definition) is 1. The summed E-state index contributed by atoms with van der Waals surface area (Å²) in [6.07, 6.45) is 1.88. The second-order valence-electron chi connectivity index (χ2n) is 7.15. The third-order valence-electron chi connectivity index (χ3n) is 4.97. The van der Waals surface area contributed by atoms with Crippen molar-refractivity contribution in [1.82, 2.24) is 9.88 Å². The van der Waals surface area contributed by atoms with Gasteiger partial charge in [-0.15, -0.1) is 0 Å².